The predicted octanol–water partition coefficient (Wildman–Crippen LogP) is 2.37. The molecule has 4 heterocycles. The van der Waals surface area contributed by atoms with Gasteiger partial charge in [-0.25, -0.2) is 9.67 Å². The van der Waals surface area contributed by atoms with Crippen LogP contribution in [0.1, 0.15) is 36.0 Å². The van der Waals surface area contributed by atoms with Crippen LogP contribution in [-0.2, 0) is 11.2 Å². The second-order valence-electron chi connectivity index (χ2n) is 6.25. The Morgan fingerprint density at radius 3 is 2.88 bits per heavy atom. The first kappa shape index (κ1) is 16.6. The predicted molar refractivity (Wildman–Crippen MR) is 102 cm³/mol. The van der Waals surface area contributed by atoms with Crippen LogP contribution in [0.15, 0.2) is 23.1 Å². The number of H-pyrrole nitrogens is 1. The molecule has 1 aliphatic rings. The zero-order chi connectivity index (χ0) is 17.4. The lowest BCUT2D eigenvalue weighted by Gasteiger charge is -2.22. The van der Waals surface area contributed by atoms with Gasteiger partial charge < -0.3 is 9.72 Å². The van der Waals surface area contributed by atoms with Crippen LogP contribution < -0.4 is 5.56 Å². The zero-order valence-electron chi connectivity index (χ0n) is 13.8. The molecule has 25 heavy (non-hydrogen) atoms. The van der Waals surface area contributed by atoms with Crippen LogP contribution in [0.3, 0.4) is 0 Å². The minimum Gasteiger partial charge on any atom is -0.381 e. The summed E-state index contributed by atoms with van der Waals surface area (Å²) < 4.78 is 8.29. The summed E-state index contributed by atoms with van der Waals surface area (Å²) in [4.78, 5) is 24.5. The fourth-order valence-corrected chi connectivity index (χ4v) is 3.55. The van der Waals surface area contributed by atoms with Gasteiger partial charge in [0, 0.05) is 25.8 Å². The first-order valence-electron chi connectivity index (χ1n) is 8.28. The summed E-state index contributed by atoms with van der Waals surface area (Å²) in [6.07, 6.45) is 4.13. The Morgan fingerprint density at radius 1 is 1.36 bits per heavy atom. The molecular weight excluding hydrogens is 433 g/mol. The molecule has 3 aromatic rings. The van der Waals surface area contributed by atoms with E-state index in [2.05, 4.69) is 37.7 Å². The van der Waals surface area contributed by atoms with Crippen LogP contribution >= 0.6 is 22.6 Å². The van der Waals surface area contributed by atoms with Gasteiger partial charge in [0.05, 0.1) is 11.7 Å². The van der Waals surface area contributed by atoms with Gasteiger partial charge in [-0.1, -0.05) is 6.07 Å². The van der Waals surface area contributed by atoms with Crippen molar-refractivity contribution in [1.82, 2.24) is 24.7 Å². The molecule has 0 saturated carbocycles. The van der Waals surface area contributed by atoms with Crippen LogP contribution in [0, 0.1) is 10.6 Å². The molecule has 3 aromatic heterocycles. The van der Waals surface area contributed by atoms with Gasteiger partial charge in [0.2, 0.25) is 0 Å². The number of ether oxygens (including phenoxy) is 1. The van der Waals surface area contributed by atoms with Crippen LogP contribution in [0.2, 0.25) is 0 Å². The Hall–Kier alpha value is -1.81. The van der Waals surface area contributed by atoms with Gasteiger partial charge in [-0.2, -0.15) is 5.10 Å². The van der Waals surface area contributed by atoms with Crippen molar-refractivity contribution >= 4 is 33.6 Å². The third-order valence-electron chi connectivity index (χ3n) is 4.48. The molecule has 0 bridgehead atoms. The van der Waals surface area contributed by atoms with E-state index in [1.807, 2.05) is 29.9 Å². The highest BCUT2D eigenvalue weighted by Crippen LogP contribution is 2.24. The van der Waals surface area contributed by atoms with Crippen molar-refractivity contribution in [1.29, 1.82) is 0 Å². The van der Waals surface area contributed by atoms with Crippen molar-refractivity contribution in [3.63, 3.8) is 0 Å². The number of hydrogen-bond donors (Lipinski definition) is 1. The molecule has 0 unspecified atom stereocenters. The van der Waals surface area contributed by atoms with E-state index >= 15 is 0 Å². The van der Waals surface area contributed by atoms with Crippen LogP contribution in [0.4, 0.5) is 0 Å². The fourth-order valence-electron chi connectivity index (χ4n) is 3.23. The van der Waals surface area contributed by atoms with Crippen molar-refractivity contribution in [2.24, 2.45) is 0 Å². The van der Waals surface area contributed by atoms with Crippen LogP contribution in [0.25, 0.3) is 11.0 Å². The number of nitrogens with zero attached hydrogens (tertiary/aromatic N) is 4. The molecule has 0 amide bonds. The summed E-state index contributed by atoms with van der Waals surface area (Å²) in [6, 6.07) is 4.18. The summed E-state index contributed by atoms with van der Waals surface area (Å²) in [5, 5.41) is 5.18. The number of aromatic nitrogens is 5. The molecule has 1 aliphatic heterocycles. The van der Waals surface area contributed by atoms with Gasteiger partial charge in [-0.05, 0) is 54.0 Å². The summed E-state index contributed by atoms with van der Waals surface area (Å²) in [6.45, 7) is 3.29. The monoisotopic (exact) mass is 451 g/mol. The first-order valence-corrected chi connectivity index (χ1v) is 9.36. The number of nitrogens with one attached hydrogen (secondary N) is 1. The van der Waals surface area contributed by atoms with Crippen molar-refractivity contribution in [2.45, 2.75) is 32.2 Å². The number of fused-ring (bicyclic) bond motifs is 1. The van der Waals surface area contributed by atoms with Gasteiger partial charge in [-0.3, -0.25) is 9.78 Å². The number of halogens is 1. The lowest BCUT2D eigenvalue weighted by atomic mass is 10.1. The molecule has 1 N–H and O–H groups in total. The number of hydrogen-bond acceptors (Lipinski definition) is 5. The first-order chi connectivity index (χ1) is 12.1. The van der Waals surface area contributed by atoms with Gasteiger partial charge >= 0.3 is 0 Å². The third kappa shape index (κ3) is 3.32. The average Bonchev–Trinajstić information content (AvgIpc) is 2.95. The van der Waals surface area contributed by atoms with Gasteiger partial charge in [0.25, 0.3) is 5.56 Å². The van der Waals surface area contributed by atoms with E-state index < -0.39 is 0 Å². The van der Waals surface area contributed by atoms with Gasteiger partial charge in [0.15, 0.2) is 5.65 Å². The lowest BCUT2D eigenvalue weighted by Crippen LogP contribution is -2.21. The number of rotatable bonds is 3. The van der Waals surface area contributed by atoms with Crippen LogP contribution in [-0.4, -0.2) is 37.9 Å². The Morgan fingerprint density at radius 2 is 2.16 bits per heavy atom. The number of pyridine rings is 1. The summed E-state index contributed by atoms with van der Waals surface area (Å²) in [5.74, 6) is 0.633. The molecule has 0 atom stereocenters. The molecular formula is C17H18IN5O2. The van der Waals surface area contributed by atoms with E-state index in [4.69, 9.17) is 9.72 Å². The lowest BCUT2D eigenvalue weighted by molar-refractivity contribution is 0.0672. The van der Waals surface area contributed by atoms with Gasteiger partial charge in [0.1, 0.15) is 14.9 Å². The standard InChI is InChI=1S/C17H18IN5O2/c1-10-15-16(23(22-10)12-4-6-25-7-5-12)20-14(21-17(15)24)8-11-2-3-13(18)19-9-11/h2-3,9,12H,4-8H2,1H3,(H,20,21,24). The van der Waals surface area contributed by atoms with Crippen molar-refractivity contribution < 1.29 is 4.74 Å². The second kappa shape index (κ2) is 6.83. The maximum absolute atomic E-state index is 12.6. The minimum absolute atomic E-state index is 0.130. The fraction of sp³-hybridized carbons (Fsp3) is 0.412. The Balaban J connectivity index is 1.76. The molecule has 0 aliphatic carbocycles. The van der Waals surface area contributed by atoms with E-state index in [1.165, 1.54) is 0 Å². The highest BCUT2D eigenvalue weighted by atomic mass is 127. The van der Waals surface area contributed by atoms with Crippen molar-refractivity contribution in [3.05, 3.63) is 49.5 Å². The number of aromatic amines is 1. The highest BCUT2D eigenvalue weighted by molar-refractivity contribution is 14.1. The van der Waals surface area contributed by atoms with Crippen LogP contribution in [0.5, 0.6) is 0 Å². The van der Waals surface area contributed by atoms with Crippen molar-refractivity contribution in [3.8, 4) is 0 Å². The highest BCUT2D eigenvalue weighted by Gasteiger charge is 2.22. The van der Waals surface area contributed by atoms with E-state index in [9.17, 15) is 4.79 Å². The summed E-state index contributed by atoms with van der Waals surface area (Å²) in [7, 11) is 0. The van der Waals surface area contributed by atoms with Gasteiger partial charge in [-0.15, -0.1) is 0 Å². The quantitative estimate of drug-likeness (QED) is 0.488. The Labute approximate surface area is 158 Å². The molecule has 8 heteroatoms. The molecule has 4 rings (SSSR count). The topological polar surface area (TPSA) is 85.7 Å². The zero-order valence-corrected chi connectivity index (χ0v) is 16.0. The molecule has 130 valence electrons. The summed E-state index contributed by atoms with van der Waals surface area (Å²) in [5.41, 5.74) is 2.27. The average molecular weight is 451 g/mol. The summed E-state index contributed by atoms with van der Waals surface area (Å²) >= 11 is 2.17. The van der Waals surface area contributed by atoms with E-state index in [0.29, 0.717) is 23.3 Å². The number of aryl methyl sites for hydroxylation is 1. The molecule has 0 radical (unpaired) electrons. The van der Waals surface area contributed by atoms with E-state index in [-0.39, 0.29) is 11.6 Å². The Kier molecular flexibility index (Phi) is 4.55. The van der Waals surface area contributed by atoms with Crippen molar-refractivity contribution in [2.75, 3.05) is 13.2 Å². The molecule has 0 aromatic carbocycles. The largest absolute Gasteiger partial charge is 0.381 e. The minimum atomic E-state index is -0.130. The Bertz CT molecular complexity index is 958. The second-order valence-corrected chi connectivity index (χ2v) is 7.36. The van der Waals surface area contributed by atoms with E-state index in [0.717, 1.165) is 41.0 Å². The molecule has 1 saturated heterocycles. The normalized spacial score (nSPS) is 15.8. The molecule has 0 spiro atoms. The smallest absolute Gasteiger partial charge is 0.262 e. The van der Waals surface area contributed by atoms with E-state index in [1.54, 1.807) is 0 Å². The maximum Gasteiger partial charge on any atom is 0.262 e. The third-order valence-corrected chi connectivity index (χ3v) is 5.12. The SMILES string of the molecule is Cc1nn(C2CCOCC2)c2nc(Cc3ccc(I)nc3)[nH]c(=O)c12. The molecule has 1 fully saturated rings. The maximum atomic E-state index is 12.6. The molecule has 7 nitrogen and oxygen atoms in total.